The van der Waals surface area contributed by atoms with Crippen molar-refractivity contribution in [2.24, 2.45) is 10.7 Å². The zero-order chi connectivity index (χ0) is 22.8. The zero-order valence-electron chi connectivity index (χ0n) is 17.2. The van der Waals surface area contributed by atoms with Gasteiger partial charge in [-0.3, -0.25) is 9.78 Å². The predicted molar refractivity (Wildman–Crippen MR) is 107 cm³/mol. The van der Waals surface area contributed by atoms with Gasteiger partial charge in [0.2, 0.25) is 5.91 Å². The molecule has 1 unspecified atom stereocenters. The maximum atomic E-state index is 13.2. The van der Waals surface area contributed by atoms with E-state index in [9.17, 15) is 18.0 Å². The summed E-state index contributed by atoms with van der Waals surface area (Å²) in [6.45, 7) is 3.56. The van der Waals surface area contributed by atoms with E-state index in [0.29, 0.717) is 18.2 Å². The number of hydrogen-bond donors (Lipinski definition) is 4. The maximum absolute atomic E-state index is 13.2. The van der Waals surface area contributed by atoms with E-state index in [0.717, 1.165) is 6.07 Å². The van der Waals surface area contributed by atoms with Crippen molar-refractivity contribution < 1.29 is 22.7 Å². The Morgan fingerprint density at radius 2 is 2.19 bits per heavy atom. The van der Waals surface area contributed by atoms with Gasteiger partial charge in [-0.25, -0.2) is 4.99 Å². The van der Waals surface area contributed by atoms with Crippen LogP contribution in [-0.2, 0) is 15.7 Å². The number of hydrogen-bond acceptors (Lipinski definition) is 8. The first-order valence-corrected chi connectivity index (χ1v) is 9.46. The number of carbonyl (C=O) groups is 1. The standard InChI is InChI=1S/C19H24F3N7O2/c1-10-13(19(20,21)22)6-12(7-25-10)17-24-5-4-15(27-17)28-18(30)11(2)26-14-8-31-9-29(3)16(14)23/h4-7,11,15,26H,8-9,23H2,1-3H3,(H,24,27)(H,28,30)/t11-,15?/m0/s1. The molecule has 0 saturated carbocycles. The third-order valence-corrected chi connectivity index (χ3v) is 4.76. The van der Waals surface area contributed by atoms with E-state index in [-0.39, 0.29) is 29.6 Å². The molecule has 2 aliphatic heterocycles. The van der Waals surface area contributed by atoms with Crippen molar-refractivity contribution in [2.45, 2.75) is 32.2 Å². The maximum Gasteiger partial charge on any atom is 0.418 e. The number of pyridine rings is 1. The fourth-order valence-electron chi connectivity index (χ4n) is 3.00. The number of alkyl halides is 3. The van der Waals surface area contributed by atoms with E-state index in [4.69, 9.17) is 10.5 Å². The van der Waals surface area contributed by atoms with Crippen LogP contribution in [0.2, 0.25) is 0 Å². The molecule has 31 heavy (non-hydrogen) atoms. The van der Waals surface area contributed by atoms with Crippen LogP contribution in [0.3, 0.4) is 0 Å². The SMILES string of the molecule is Cc1ncc(C2=NC(NC(=O)[C@H](C)NC3=C(N)N(C)COC3)C=CN2)cc1C(F)(F)F. The summed E-state index contributed by atoms with van der Waals surface area (Å²) in [5, 5.41) is 8.52. The van der Waals surface area contributed by atoms with Gasteiger partial charge >= 0.3 is 6.18 Å². The van der Waals surface area contributed by atoms with Gasteiger partial charge in [-0.05, 0) is 26.0 Å². The van der Waals surface area contributed by atoms with Crippen molar-refractivity contribution in [3.63, 3.8) is 0 Å². The molecule has 2 atom stereocenters. The smallest absolute Gasteiger partial charge is 0.384 e. The minimum atomic E-state index is -4.53. The molecule has 0 bridgehead atoms. The van der Waals surface area contributed by atoms with Gasteiger partial charge in [0.05, 0.1) is 17.9 Å². The monoisotopic (exact) mass is 439 g/mol. The second kappa shape index (κ2) is 8.84. The summed E-state index contributed by atoms with van der Waals surface area (Å²) >= 11 is 0. The van der Waals surface area contributed by atoms with Gasteiger partial charge in [-0.15, -0.1) is 0 Å². The molecule has 1 aromatic rings. The quantitative estimate of drug-likeness (QED) is 0.535. The predicted octanol–water partition coefficient (Wildman–Crippen LogP) is 0.740. The van der Waals surface area contributed by atoms with E-state index >= 15 is 0 Å². The molecule has 0 radical (unpaired) electrons. The molecule has 0 spiro atoms. The van der Waals surface area contributed by atoms with E-state index in [1.807, 2.05) is 0 Å². The number of ether oxygens (including phenoxy) is 1. The largest absolute Gasteiger partial charge is 0.418 e. The molecule has 0 fully saturated rings. The molecular weight excluding hydrogens is 415 g/mol. The minimum Gasteiger partial charge on any atom is -0.384 e. The average Bonchev–Trinajstić information content (AvgIpc) is 2.71. The van der Waals surface area contributed by atoms with Crippen molar-refractivity contribution in [1.29, 1.82) is 0 Å². The van der Waals surface area contributed by atoms with Crippen molar-refractivity contribution in [2.75, 3.05) is 20.4 Å². The second-order valence-corrected chi connectivity index (χ2v) is 7.19. The number of carbonyl (C=O) groups excluding carboxylic acids is 1. The van der Waals surface area contributed by atoms with Gasteiger partial charge in [0.25, 0.3) is 0 Å². The summed E-state index contributed by atoms with van der Waals surface area (Å²) in [6, 6.07) is 0.328. The van der Waals surface area contributed by atoms with Crippen LogP contribution in [-0.4, -0.2) is 54.2 Å². The number of aromatic nitrogens is 1. The molecule has 2 aliphatic rings. The second-order valence-electron chi connectivity index (χ2n) is 7.19. The highest BCUT2D eigenvalue weighted by molar-refractivity contribution is 6.00. The molecule has 168 valence electrons. The summed E-state index contributed by atoms with van der Waals surface area (Å²) in [6.07, 6.45) is -0.914. The first-order chi connectivity index (χ1) is 14.6. The zero-order valence-corrected chi connectivity index (χ0v) is 17.2. The highest BCUT2D eigenvalue weighted by Crippen LogP contribution is 2.31. The van der Waals surface area contributed by atoms with Crippen LogP contribution in [0.4, 0.5) is 13.2 Å². The Kier molecular flexibility index (Phi) is 6.39. The van der Waals surface area contributed by atoms with Crippen LogP contribution in [0, 0.1) is 6.92 Å². The Labute approximate surface area is 177 Å². The van der Waals surface area contributed by atoms with Crippen LogP contribution < -0.4 is 21.7 Å². The lowest BCUT2D eigenvalue weighted by Gasteiger charge is -2.30. The van der Waals surface area contributed by atoms with Gasteiger partial charge < -0.3 is 31.3 Å². The molecule has 0 saturated heterocycles. The first kappa shape index (κ1) is 22.4. The number of rotatable bonds is 5. The van der Waals surface area contributed by atoms with Crippen molar-refractivity contribution >= 4 is 11.7 Å². The van der Waals surface area contributed by atoms with Crippen LogP contribution >= 0.6 is 0 Å². The fourth-order valence-corrected chi connectivity index (χ4v) is 3.00. The molecule has 1 amide bonds. The number of nitrogens with two attached hydrogens (primary N) is 1. The van der Waals surface area contributed by atoms with Crippen molar-refractivity contribution in [1.82, 2.24) is 25.8 Å². The Balaban J connectivity index is 1.70. The molecule has 0 aromatic carbocycles. The lowest BCUT2D eigenvalue weighted by atomic mass is 10.1. The molecule has 0 aliphatic carbocycles. The highest BCUT2D eigenvalue weighted by atomic mass is 19.4. The van der Waals surface area contributed by atoms with E-state index < -0.39 is 23.9 Å². The van der Waals surface area contributed by atoms with E-state index in [1.54, 1.807) is 24.9 Å². The highest BCUT2D eigenvalue weighted by Gasteiger charge is 2.33. The number of halogens is 3. The van der Waals surface area contributed by atoms with E-state index in [2.05, 4.69) is 25.9 Å². The van der Waals surface area contributed by atoms with Crippen LogP contribution in [0.5, 0.6) is 0 Å². The van der Waals surface area contributed by atoms with Gasteiger partial charge in [0, 0.05) is 30.7 Å². The normalized spacial score (nSPS) is 20.1. The van der Waals surface area contributed by atoms with Crippen molar-refractivity contribution in [3.05, 3.63) is 52.9 Å². The van der Waals surface area contributed by atoms with Crippen LogP contribution in [0.1, 0.15) is 23.7 Å². The van der Waals surface area contributed by atoms with Crippen LogP contribution in [0.25, 0.3) is 0 Å². The summed E-state index contributed by atoms with van der Waals surface area (Å²) in [4.78, 5) is 22.4. The molecular formula is C19H24F3N7O2. The molecule has 3 heterocycles. The van der Waals surface area contributed by atoms with Crippen LogP contribution in [0.15, 0.2) is 41.0 Å². The first-order valence-electron chi connectivity index (χ1n) is 9.46. The fraction of sp³-hybridized carbons (Fsp3) is 0.421. The van der Waals surface area contributed by atoms with Crippen molar-refractivity contribution in [3.8, 4) is 0 Å². The lowest BCUT2D eigenvalue weighted by molar-refractivity contribution is -0.138. The summed E-state index contributed by atoms with van der Waals surface area (Å²) in [7, 11) is 1.76. The third kappa shape index (κ3) is 5.26. The molecule has 12 heteroatoms. The Morgan fingerprint density at radius 3 is 2.90 bits per heavy atom. The summed E-state index contributed by atoms with van der Waals surface area (Å²) in [5.41, 5.74) is 5.78. The average molecular weight is 439 g/mol. The molecule has 5 N–H and O–H groups in total. The number of nitrogens with zero attached hydrogens (tertiary/aromatic N) is 3. The lowest BCUT2D eigenvalue weighted by Crippen LogP contribution is -2.48. The number of amidine groups is 1. The van der Waals surface area contributed by atoms with Gasteiger partial charge in [0.1, 0.15) is 30.6 Å². The Bertz CT molecular complexity index is 943. The van der Waals surface area contributed by atoms with Gasteiger partial charge in [-0.1, -0.05) is 0 Å². The number of nitrogens with one attached hydrogen (secondary N) is 3. The minimum absolute atomic E-state index is 0.126. The number of aryl methyl sites for hydroxylation is 1. The molecule has 3 rings (SSSR count). The van der Waals surface area contributed by atoms with Gasteiger partial charge in [-0.2, -0.15) is 13.2 Å². The Morgan fingerprint density at radius 1 is 1.45 bits per heavy atom. The summed E-state index contributed by atoms with van der Waals surface area (Å²) < 4.78 is 44.9. The summed E-state index contributed by atoms with van der Waals surface area (Å²) in [5.74, 6) is 0.284. The molecule has 1 aromatic heterocycles. The van der Waals surface area contributed by atoms with Gasteiger partial charge in [0.15, 0.2) is 0 Å². The number of aliphatic imine (C=N–C) groups is 1. The van der Waals surface area contributed by atoms with E-state index in [1.165, 1.54) is 19.3 Å². The topological polar surface area (TPSA) is 117 Å². The third-order valence-electron chi connectivity index (χ3n) is 4.76. The Hall–Kier alpha value is -3.28. The number of amides is 1. The molecule has 9 nitrogen and oxygen atoms in total.